The lowest BCUT2D eigenvalue weighted by Crippen LogP contribution is -2.21. The van der Waals surface area contributed by atoms with Crippen LogP contribution in [0.3, 0.4) is 0 Å². The summed E-state index contributed by atoms with van der Waals surface area (Å²) in [6.45, 7) is 0.173. The molecule has 1 aromatic heterocycles. The molecular weight excluding hydrogens is 546 g/mol. The highest BCUT2D eigenvalue weighted by Gasteiger charge is 2.38. The van der Waals surface area contributed by atoms with E-state index in [1.807, 2.05) is 18.2 Å². The summed E-state index contributed by atoms with van der Waals surface area (Å²) in [5.74, 6) is -2.25. The molecule has 15 heteroatoms. The number of halogens is 7. The number of carboxylic acids is 1. The first-order valence-corrected chi connectivity index (χ1v) is 11.0. The van der Waals surface area contributed by atoms with Gasteiger partial charge in [0.15, 0.2) is 0 Å². The van der Waals surface area contributed by atoms with Gasteiger partial charge in [-0.25, -0.2) is 9.78 Å². The predicted molar refractivity (Wildman–Crippen MR) is 127 cm³/mol. The number of anilines is 2. The minimum Gasteiger partial charge on any atom is -0.475 e. The molecule has 5 N–H and O–H groups in total. The molecule has 0 radical (unpaired) electrons. The van der Waals surface area contributed by atoms with Crippen molar-refractivity contribution in [2.75, 3.05) is 30.3 Å². The van der Waals surface area contributed by atoms with E-state index < -0.39 is 35.0 Å². The highest BCUT2D eigenvalue weighted by Crippen LogP contribution is 2.36. The van der Waals surface area contributed by atoms with Gasteiger partial charge < -0.3 is 26.0 Å². The van der Waals surface area contributed by atoms with Gasteiger partial charge in [0.05, 0.1) is 29.0 Å². The van der Waals surface area contributed by atoms with Crippen LogP contribution in [0, 0.1) is 0 Å². The topological polar surface area (TPSA) is 128 Å². The van der Waals surface area contributed by atoms with Gasteiger partial charge >= 0.3 is 18.3 Å². The fraction of sp³-hybridized carbons (Fsp3) is 0.261. The number of rotatable bonds is 8. The van der Waals surface area contributed by atoms with E-state index in [1.54, 1.807) is 18.2 Å². The van der Waals surface area contributed by atoms with Gasteiger partial charge in [0.1, 0.15) is 5.82 Å². The minimum atomic E-state index is -5.08. The summed E-state index contributed by atoms with van der Waals surface area (Å²) < 4.78 is 70.7. The molecule has 0 saturated heterocycles. The molecule has 0 fully saturated rings. The molecule has 0 aliphatic carbocycles. The maximum Gasteiger partial charge on any atom is 0.490 e. The van der Waals surface area contributed by atoms with Crippen molar-refractivity contribution in [3.8, 4) is 11.3 Å². The van der Waals surface area contributed by atoms with Gasteiger partial charge in [-0.05, 0) is 17.7 Å². The first kappa shape index (κ1) is 30.6. The molecule has 3 rings (SSSR count). The molecule has 0 unspecified atom stereocenters. The zero-order valence-electron chi connectivity index (χ0n) is 19.2. The Bertz CT molecular complexity index is 1210. The molecule has 0 bridgehead atoms. The molecule has 0 aliphatic rings. The molecule has 1 heterocycles. The number of carboxylic acid groups (broad SMARTS) is 1. The first-order chi connectivity index (χ1) is 17.7. The van der Waals surface area contributed by atoms with Gasteiger partial charge in [0.2, 0.25) is 5.95 Å². The quantitative estimate of drug-likeness (QED) is 0.241. The van der Waals surface area contributed by atoms with Crippen molar-refractivity contribution in [1.82, 2.24) is 9.97 Å². The van der Waals surface area contributed by atoms with Crippen LogP contribution in [0.1, 0.15) is 17.2 Å². The van der Waals surface area contributed by atoms with Crippen LogP contribution in [-0.2, 0) is 11.0 Å². The van der Waals surface area contributed by atoms with Crippen molar-refractivity contribution in [2.45, 2.75) is 18.5 Å². The molecule has 2 aromatic carbocycles. The number of benzene rings is 2. The second-order valence-corrected chi connectivity index (χ2v) is 7.82. The van der Waals surface area contributed by atoms with Crippen molar-refractivity contribution in [3.63, 3.8) is 0 Å². The number of hydrogen-bond donors (Lipinski definition) is 5. The lowest BCUT2D eigenvalue weighted by Gasteiger charge is -2.15. The van der Waals surface area contributed by atoms with Gasteiger partial charge in [-0.2, -0.15) is 31.3 Å². The molecule has 38 heavy (non-hydrogen) atoms. The number of carbonyl (C=O) groups is 1. The molecule has 0 amide bonds. The maximum absolute atomic E-state index is 13.0. The number of aromatic nitrogens is 2. The Morgan fingerprint density at radius 2 is 1.61 bits per heavy atom. The Balaban J connectivity index is 0.000000638. The number of aliphatic hydroxyl groups excluding tert-OH is 2. The normalized spacial score (nSPS) is 12.2. The van der Waals surface area contributed by atoms with Crippen LogP contribution in [0.5, 0.6) is 0 Å². The Morgan fingerprint density at radius 1 is 0.974 bits per heavy atom. The van der Waals surface area contributed by atoms with Gasteiger partial charge in [-0.1, -0.05) is 48.0 Å². The van der Waals surface area contributed by atoms with E-state index in [0.717, 1.165) is 11.6 Å². The Kier molecular flexibility index (Phi) is 10.7. The summed E-state index contributed by atoms with van der Waals surface area (Å²) in [4.78, 5) is 17.5. The molecular formula is C23H21ClF6N4O4. The van der Waals surface area contributed by atoms with Crippen LogP contribution in [0.2, 0.25) is 5.02 Å². The second kappa shape index (κ2) is 13.3. The second-order valence-electron chi connectivity index (χ2n) is 7.42. The Morgan fingerprint density at radius 3 is 2.13 bits per heavy atom. The highest BCUT2D eigenvalue weighted by molar-refractivity contribution is 6.31. The van der Waals surface area contributed by atoms with E-state index in [2.05, 4.69) is 20.6 Å². The fourth-order valence-corrected chi connectivity index (χ4v) is 3.12. The van der Waals surface area contributed by atoms with Crippen molar-refractivity contribution in [3.05, 3.63) is 70.7 Å². The molecule has 3 aromatic rings. The average Bonchev–Trinajstić information content (AvgIpc) is 2.85. The molecule has 1 atom stereocenters. The maximum atomic E-state index is 13.0. The third-order valence-corrected chi connectivity index (χ3v) is 4.91. The van der Waals surface area contributed by atoms with Crippen LogP contribution < -0.4 is 10.6 Å². The average molecular weight is 567 g/mol. The van der Waals surface area contributed by atoms with Gasteiger partial charge in [0, 0.05) is 24.7 Å². The summed E-state index contributed by atoms with van der Waals surface area (Å²) in [6.07, 6.45) is -10.4. The number of alkyl halides is 6. The molecule has 0 saturated carbocycles. The van der Waals surface area contributed by atoms with Gasteiger partial charge in [-0.3, -0.25) is 0 Å². The third-order valence-electron chi connectivity index (χ3n) is 4.59. The monoisotopic (exact) mass is 566 g/mol. The van der Waals surface area contributed by atoms with Gasteiger partial charge in [-0.15, -0.1) is 0 Å². The predicted octanol–water partition coefficient (Wildman–Crippen LogP) is 5.00. The van der Waals surface area contributed by atoms with E-state index in [4.69, 9.17) is 26.6 Å². The summed E-state index contributed by atoms with van der Waals surface area (Å²) in [5, 5.41) is 31.9. The summed E-state index contributed by atoms with van der Waals surface area (Å²) in [5.41, 5.74) is 0.467. The molecule has 0 spiro atoms. The van der Waals surface area contributed by atoms with Crippen LogP contribution in [0.25, 0.3) is 11.3 Å². The van der Waals surface area contributed by atoms with Gasteiger partial charge in [0.25, 0.3) is 0 Å². The van der Waals surface area contributed by atoms with E-state index in [1.165, 1.54) is 12.1 Å². The molecule has 206 valence electrons. The molecule has 0 aliphatic heterocycles. The number of aliphatic carboxylic acids is 1. The number of hydrogen-bond acceptors (Lipinski definition) is 7. The van der Waals surface area contributed by atoms with Crippen LogP contribution in [0.4, 0.5) is 38.1 Å². The highest BCUT2D eigenvalue weighted by atomic mass is 35.5. The van der Waals surface area contributed by atoms with E-state index in [9.17, 15) is 31.4 Å². The fourth-order valence-electron chi connectivity index (χ4n) is 2.83. The summed E-state index contributed by atoms with van der Waals surface area (Å²) in [7, 11) is 0. The van der Waals surface area contributed by atoms with Crippen LogP contribution >= 0.6 is 11.6 Å². The largest absolute Gasteiger partial charge is 0.490 e. The lowest BCUT2D eigenvalue weighted by molar-refractivity contribution is -0.192. The van der Waals surface area contributed by atoms with Crippen molar-refractivity contribution in [1.29, 1.82) is 0 Å². The number of nitrogens with one attached hydrogen (secondary N) is 2. The van der Waals surface area contributed by atoms with Crippen molar-refractivity contribution >= 4 is 29.3 Å². The van der Waals surface area contributed by atoms with E-state index in [0.29, 0.717) is 17.1 Å². The van der Waals surface area contributed by atoms with Crippen LogP contribution in [-0.4, -0.2) is 57.1 Å². The molecule has 8 nitrogen and oxygen atoms in total. The zero-order chi connectivity index (χ0) is 28.5. The number of nitrogens with zero attached hydrogens (tertiary/aromatic N) is 2. The zero-order valence-corrected chi connectivity index (χ0v) is 19.9. The third kappa shape index (κ3) is 9.36. The van der Waals surface area contributed by atoms with Crippen LogP contribution in [0.15, 0.2) is 54.6 Å². The first-order valence-electron chi connectivity index (χ1n) is 10.6. The van der Waals surface area contributed by atoms with Crippen molar-refractivity contribution in [2.24, 2.45) is 0 Å². The van der Waals surface area contributed by atoms with E-state index >= 15 is 0 Å². The summed E-state index contributed by atoms with van der Waals surface area (Å²) in [6, 6.07) is 13.9. The smallest absolute Gasteiger partial charge is 0.475 e. The standard InChI is InChI=1S/C21H20ClF3N4O2.C2HF3O2/c22-16-10-14(6-7-15(16)21(23,24)25)17-11-19(29-20(28-17)26-8-9-30)27-12-18(31)13-4-2-1-3-5-13;3-2(4,5)1(6)7/h1-7,10-11,18,30-31H,8-9,12H2,(H2,26,27,28,29);(H,6,7)/t18-;/m0./s1. The number of aliphatic hydroxyl groups is 2. The van der Waals surface area contributed by atoms with E-state index in [-0.39, 0.29) is 25.6 Å². The van der Waals surface area contributed by atoms with Crippen molar-refractivity contribution < 1.29 is 46.5 Å². The Labute approximate surface area is 216 Å². The minimum absolute atomic E-state index is 0.147. The lowest BCUT2D eigenvalue weighted by atomic mass is 10.1. The Hall–Kier alpha value is -3.62. The SMILES string of the molecule is O=C(O)C(F)(F)F.OCCNc1nc(NC[C@H](O)c2ccccc2)cc(-c2ccc(C(F)(F)F)c(Cl)c2)n1. The summed E-state index contributed by atoms with van der Waals surface area (Å²) >= 11 is 5.84.